The molecule has 0 bridgehead atoms. The Hall–Kier alpha value is -1.30. The van der Waals surface area contributed by atoms with Gasteiger partial charge in [-0.3, -0.25) is 4.79 Å². The average molecular weight is 257 g/mol. The summed E-state index contributed by atoms with van der Waals surface area (Å²) in [4.78, 5) is 11.8. The van der Waals surface area contributed by atoms with Crippen LogP contribution in [-0.2, 0) is 9.53 Å². The van der Waals surface area contributed by atoms with Crippen LogP contribution in [0.3, 0.4) is 0 Å². The summed E-state index contributed by atoms with van der Waals surface area (Å²) in [5.74, 6) is 0.170. The number of hydrogen-bond donors (Lipinski definition) is 3. The summed E-state index contributed by atoms with van der Waals surface area (Å²) >= 11 is 0. The maximum atomic E-state index is 11.8. The number of amidine groups is 1. The van der Waals surface area contributed by atoms with Crippen LogP contribution in [-0.4, -0.2) is 36.2 Å². The molecule has 1 fully saturated rings. The van der Waals surface area contributed by atoms with Crippen LogP contribution in [0.2, 0.25) is 0 Å². The minimum absolute atomic E-state index is 0.00143. The zero-order chi connectivity index (χ0) is 13.5. The van der Waals surface area contributed by atoms with Gasteiger partial charge in [-0.25, -0.2) is 0 Å². The summed E-state index contributed by atoms with van der Waals surface area (Å²) in [6, 6.07) is -0.00810. The quantitative estimate of drug-likeness (QED) is 0.284. The Morgan fingerprint density at radius 2 is 2.33 bits per heavy atom. The lowest BCUT2D eigenvalue weighted by Gasteiger charge is -2.20. The molecule has 0 saturated heterocycles. The van der Waals surface area contributed by atoms with Gasteiger partial charge in [0, 0.05) is 25.5 Å². The summed E-state index contributed by atoms with van der Waals surface area (Å²) in [5, 5.41) is 14.7. The lowest BCUT2D eigenvalue weighted by atomic mass is 10.0. The Morgan fingerprint density at radius 3 is 2.94 bits per heavy atom. The molecule has 0 aromatic rings. The van der Waals surface area contributed by atoms with Gasteiger partial charge in [0.2, 0.25) is 5.91 Å². The van der Waals surface area contributed by atoms with Gasteiger partial charge in [0.25, 0.3) is 0 Å². The topological polar surface area (TPSA) is 96.9 Å². The summed E-state index contributed by atoms with van der Waals surface area (Å²) in [7, 11) is 1.63. The molecule has 0 aromatic carbocycles. The highest BCUT2D eigenvalue weighted by Gasteiger charge is 2.31. The van der Waals surface area contributed by atoms with Crippen LogP contribution in [0, 0.1) is 5.92 Å². The number of amides is 1. The third-order valence-electron chi connectivity index (χ3n) is 3.54. The van der Waals surface area contributed by atoms with Crippen LogP contribution < -0.4 is 11.1 Å². The number of carbonyl (C=O) groups excluding carboxylic acids is 1. The van der Waals surface area contributed by atoms with Crippen molar-refractivity contribution in [1.29, 1.82) is 0 Å². The molecule has 4 N–H and O–H groups in total. The fourth-order valence-electron chi connectivity index (χ4n) is 2.29. The molecule has 3 unspecified atom stereocenters. The molecule has 1 saturated carbocycles. The second-order valence-electron chi connectivity index (χ2n) is 4.82. The second-order valence-corrected chi connectivity index (χ2v) is 4.82. The van der Waals surface area contributed by atoms with E-state index in [0.717, 1.165) is 19.3 Å². The number of hydrogen-bond acceptors (Lipinski definition) is 4. The van der Waals surface area contributed by atoms with Gasteiger partial charge in [0.15, 0.2) is 0 Å². The monoisotopic (exact) mass is 257 g/mol. The third-order valence-corrected chi connectivity index (χ3v) is 3.54. The molecule has 0 heterocycles. The molecule has 1 amide bonds. The van der Waals surface area contributed by atoms with Gasteiger partial charge in [-0.15, -0.1) is 0 Å². The Kier molecular flexibility index (Phi) is 5.91. The van der Waals surface area contributed by atoms with Gasteiger partial charge < -0.3 is 21.0 Å². The van der Waals surface area contributed by atoms with Crippen LogP contribution in [0.5, 0.6) is 0 Å². The van der Waals surface area contributed by atoms with Crippen molar-refractivity contribution < 1.29 is 14.7 Å². The molecule has 0 aromatic heterocycles. The van der Waals surface area contributed by atoms with Crippen molar-refractivity contribution in [3.05, 3.63) is 0 Å². The van der Waals surface area contributed by atoms with E-state index in [1.165, 1.54) is 0 Å². The number of nitrogens with zero attached hydrogens (tertiary/aromatic N) is 1. The normalized spacial score (nSPS) is 26.0. The summed E-state index contributed by atoms with van der Waals surface area (Å²) in [6.45, 7) is 1.93. The molecule has 3 atom stereocenters. The molecule has 1 aliphatic carbocycles. The molecule has 0 radical (unpaired) electrons. The van der Waals surface area contributed by atoms with Gasteiger partial charge in [-0.2, -0.15) is 0 Å². The molecule has 1 aliphatic rings. The summed E-state index contributed by atoms with van der Waals surface area (Å²) in [5.41, 5.74) is 5.62. The Bertz CT molecular complexity index is 307. The van der Waals surface area contributed by atoms with Crippen molar-refractivity contribution in [2.24, 2.45) is 16.8 Å². The number of nitrogens with one attached hydrogen (secondary N) is 1. The van der Waals surface area contributed by atoms with Crippen molar-refractivity contribution in [2.75, 3.05) is 7.11 Å². The fraction of sp³-hybridized carbons (Fsp3) is 0.833. The van der Waals surface area contributed by atoms with Crippen molar-refractivity contribution in [3.63, 3.8) is 0 Å². The van der Waals surface area contributed by atoms with Gasteiger partial charge in [0.05, 0.1) is 6.10 Å². The minimum atomic E-state index is -0.0428. The summed E-state index contributed by atoms with van der Waals surface area (Å²) < 4.78 is 5.10. The Morgan fingerprint density at radius 1 is 1.61 bits per heavy atom. The molecule has 6 heteroatoms. The van der Waals surface area contributed by atoms with E-state index in [1.807, 2.05) is 6.92 Å². The number of nitrogens with two attached hydrogens (primary N) is 1. The van der Waals surface area contributed by atoms with Crippen molar-refractivity contribution in [3.8, 4) is 0 Å². The van der Waals surface area contributed by atoms with E-state index in [2.05, 4.69) is 10.5 Å². The lowest BCUT2D eigenvalue weighted by molar-refractivity contribution is -0.122. The standard InChI is InChI=1S/C12H23N3O3/c1-8(18-2)6-7-11(16)14-10-5-3-4-9(10)12(13)15-17/h8-10,17H,3-7H2,1-2H3,(H2,13,15)(H,14,16). The first kappa shape index (κ1) is 14.8. The maximum Gasteiger partial charge on any atom is 0.220 e. The van der Waals surface area contributed by atoms with E-state index in [9.17, 15) is 4.79 Å². The van der Waals surface area contributed by atoms with Crippen molar-refractivity contribution in [2.45, 2.75) is 51.2 Å². The highest BCUT2D eigenvalue weighted by Crippen LogP contribution is 2.25. The maximum absolute atomic E-state index is 11.8. The van der Waals surface area contributed by atoms with E-state index in [4.69, 9.17) is 15.7 Å². The number of rotatable bonds is 6. The first-order chi connectivity index (χ1) is 8.58. The predicted octanol–water partition coefficient (Wildman–Crippen LogP) is 0.833. The molecule has 18 heavy (non-hydrogen) atoms. The molecule has 6 nitrogen and oxygen atoms in total. The van der Waals surface area contributed by atoms with E-state index in [1.54, 1.807) is 7.11 Å². The van der Waals surface area contributed by atoms with Crippen LogP contribution in [0.1, 0.15) is 39.0 Å². The van der Waals surface area contributed by atoms with Crippen LogP contribution in [0.25, 0.3) is 0 Å². The number of methoxy groups -OCH3 is 1. The molecule has 0 aliphatic heterocycles. The molecular formula is C12H23N3O3. The highest BCUT2D eigenvalue weighted by molar-refractivity contribution is 5.84. The van der Waals surface area contributed by atoms with Crippen LogP contribution in [0.4, 0.5) is 0 Å². The predicted molar refractivity (Wildman–Crippen MR) is 68.4 cm³/mol. The first-order valence-electron chi connectivity index (χ1n) is 6.38. The van der Waals surface area contributed by atoms with Gasteiger partial charge in [-0.1, -0.05) is 11.6 Å². The van der Waals surface area contributed by atoms with Gasteiger partial charge in [-0.05, 0) is 26.2 Å². The SMILES string of the molecule is COC(C)CCC(=O)NC1CCCC1C(N)=NO. The van der Waals surface area contributed by atoms with E-state index < -0.39 is 0 Å². The first-order valence-corrected chi connectivity index (χ1v) is 6.38. The Balaban J connectivity index is 2.39. The van der Waals surface area contributed by atoms with Gasteiger partial charge >= 0.3 is 0 Å². The van der Waals surface area contributed by atoms with E-state index in [0.29, 0.717) is 12.8 Å². The lowest BCUT2D eigenvalue weighted by Crippen LogP contribution is -2.42. The molecular weight excluding hydrogens is 234 g/mol. The average Bonchev–Trinajstić information content (AvgIpc) is 2.82. The number of carbonyl (C=O) groups is 1. The molecule has 104 valence electrons. The Labute approximate surface area is 108 Å². The van der Waals surface area contributed by atoms with Crippen LogP contribution in [0.15, 0.2) is 5.16 Å². The smallest absolute Gasteiger partial charge is 0.220 e. The highest BCUT2D eigenvalue weighted by atomic mass is 16.5. The largest absolute Gasteiger partial charge is 0.409 e. The minimum Gasteiger partial charge on any atom is -0.409 e. The van der Waals surface area contributed by atoms with Crippen molar-refractivity contribution in [1.82, 2.24) is 5.32 Å². The fourth-order valence-corrected chi connectivity index (χ4v) is 2.29. The van der Waals surface area contributed by atoms with Crippen LogP contribution >= 0.6 is 0 Å². The molecule has 0 spiro atoms. The van der Waals surface area contributed by atoms with E-state index in [-0.39, 0.29) is 29.8 Å². The number of oxime groups is 1. The van der Waals surface area contributed by atoms with Crippen molar-refractivity contribution >= 4 is 11.7 Å². The number of ether oxygens (including phenoxy) is 1. The van der Waals surface area contributed by atoms with Gasteiger partial charge in [0.1, 0.15) is 5.84 Å². The third kappa shape index (κ3) is 4.18. The summed E-state index contributed by atoms with van der Waals surface area (Å²) in [6.07, 6.45) is 3.94. The van der Waals surface area contributed by atoms with E-state index >= 15 is 0 Å². The second kappa shape index (κ2) is 7.20. The zero-order valence-corrected chi connectivity index (χ0v) is 11.1. The zero-order valence-electron chi connectivity index (χ0n) is 11.1. The molecule has 1 rings (SSSR count).